The largest absolute Gasteiger partial charge is 0.492 e. The van der Waals surface area contributed by atoms with E-state index in [4.69, 9.17) is 16.3 Å². The highest BCUT2D eigenvalue weighted by Crippen LogP contribution is 2.38. The smallest absolute Gasteiger partial charge is 0.138 e. The number of halogens is 2. The first kappa shape index (κ1) is 7.44. The minimum atomic E-state index is 0.714. The highest BCUT2D eigenvalue weighted by molar-refractivity contribution is 9.10. The van der Waals surface area contributed by atoms with Gasteiger partial charge >= 0.3 is 0 Å². The first-order valence-electron chi connectivity index (χ1n) is 3.39. The highest BCUT2D eigenvalue weighted by atomic mass is 79.9. The summed E-state index contributed by atoms with van der Waals surface area (Å²) >= 11 is 9.24. The minimum Gasteiger partial charge on any atom is -0.492 e. The summed E-state index contributed by atoms with van der Waals surface area (Å²) in [7, 11) is 0. The van der Waals surface area contributed by atoms with E-state index in [1.54, 1.807) is 0 Å². The maximum absolute atomic E-state index is 5.87. The molecule has 0 saturated carbocycles. The Labute approximate surface area is 78.4 Å². The Morgan fingerprint density at radius 2 is 2.27 bits per heavy atom. The van der Waals surface area contributed by atoms with Gasteiger partial charge in [0.2, 0.25) is 0 Å². The summed E-state index contributed by atoms with van der Waals surface area (Å²) in [5.74, 6) is 0.914. The molecule has 0 radical (unpaired) electrons. The summed E-state index contributed by atoms with van der Waals surface area (Å²) in [5.41, 5.74) is 1.24. The Morgan fingerprint density at radius 1 is 1.45 bits per heavy atom. The number of hydrogen-bond donors (Lipinski definition) is 0. The molecule has 1 aliphatic rings. The lowest BCUT2D eigenvalue weighted by atomic mass is 10.2. The van der Waals surface area contributed by atoms with Crippen LogP contribution in [0.3, 0.4) is 0 Å². The minimum absolute atomic E-state index is 0.714. The lowest BCUT2D eigenvalue weighted by Crippen LogP contribution is -1.86. The summed E-state index contributed by atoms with van der Waals surface area (Å²) < 4.78 is 6.26. The third kappa shape index (κ3) is 1.14. The van der Waals surface area contributed by atoms with Crippen molar-refractivity contribution in [2.24, 2.45) is 0 Å². The Kier molecular flexibility index (Phi) is 1.81. The molecule has 58 valence electrons. The Bertz CT molecular complexity index is 298. The van der Waals surface area contributed by atoms with Gasteiger partial charge in [-0.1, -0.05) is 17.7 Å². The SMILES string of the molecule is Clc1ccc2c(c1Br)OCC2. The summed E-state index contributed by atoms with van der Waals surface area (Å²) in [6.45, 7) is 0.772. The van der Waals surface area contributed by atoms with E-state index in [2.05, 4.69) is 15.9 Å². The molecule has 2 rings (SSSR count). The Morgan fingerprint density at radius 3 is 3.09 bits per heavy atom. The first-order valence-corrected chi connectivity index (χ1v) is 4.56. The molecule has 0 saturated heterocycles. The molecule has 1 aliphatic heterocycles. The molecule has 0 unspecified atom stereocenters. The summed E-state index contributed by atoms with van der Waals surface area (Å²) in [5, 5.41) is 0.714. The van der Waals surface area contributed by atoms with Crippen LogP contribution in [0.4, 0.5) is 0 Å². The standard InChI is InChI=1S/C8H6BrClO/c9-7-6(10)2-1-5-3-4-11-8(5)7/h1-2H,3-4H2. The highest BCUT2D eigenvalue weighted by Gasteiger charge is 2.16. The van der Waals surface area contributed by atoms with Crippen LogP contribution in [0.2, 0.25) is 5.02 Å². The fraction of sp³-hybridized carbons (Fsp3) is 0.250. The molecule has 0 bridgehead atoms. The summed E-state index contributed by atoms with van der Waals surface area (Å²) in [6.07, 6.45) is 0.991. The van der Waals surface area contributed by atoms with Crippen molar-refractivity contribution >= 4 is 27.5 Å². The van der Waals surface area contributed by atoms with Crippen LogP contribution in [-0.4, -0.2) is 6.61 Å². The number of benzene rings is 1. The quantitative estimate of drug-likeness (QED) is 0.669. The van der Waals surface area contributed by atoms with Crippen LogP contribution in [0.1, 0.15) is 5.56 Å². The van der Waals surface area contributed by atoms with E-state index in [9.17, 15) is 0 Å². The second-order valence-corrected chi connectivity index (χ2v) is 3.65. The lowest BCUT2D eigenvalue weighted by Gasteiger charge is -2.02. The van der Waals surface area contributed by atoms with Crippen molar-refractivity contribution in [1.82, 2.24) is 0 Å². The second kappa shape index (κ2) is 2.68. The predicted molar refractivity (Wildman–Crippen MR) is 48.4 cm³/mol. The third-order valence-electron chi connectivity index (χ3n) is 1.75. The first-order chi connectivity index (χ1) is 5.29. The number of fused-ring (bicyclic) bond motifs is 1. The maximum Gasteiger partial charge on any atom is 0.138 e. The molecule has 0 N–H and O–H groups in total. The van der Waals surface area contributed by atoms with E-state index in [1.807, 2.05) is 12.1 Å². The molecular weight excluding hydrogens is 227 g/mol. The van der Waals surface area contributed by atoms with Crippen molar-refractivity contribution in [2.45, 2.75) is 6.42 Å². The fourth-order valence-corrected chi connectivity index (χ4v) is 1.84. The van der Waals surface area contributed by atoms with Gasteiger partial charge in [-0.05, 0) is 27.6 Å². The van der Waals surface area contributed by atoms with Gasteiger partial charge < -0.3 is 4.74 Å². The van der Waals surface area contributed by atoms with E-state index < -0.39 is 0 Å². The molecule has 11 heavy (non-hydrogen) atoms. The average Bonchev–Trinajstić information content (AvgIpc) is 2.45. The van der Waals surface area contributed by atoms with Gasteiger partial charge in [0.15, 0.2) is 0 Å². The Hall–Kier alpha value is -0.210. The third-order valence-corrected chi connectivity index (χ3v) is 3.08. The van der Waals surface area contributed by atoms with Crippen LogP contribution in [-0.2, 0) is 6.42 Å². The van der Waals surface area contributed by atoms with Gasteiger partial charge in [0, 0.05) is 6.42 Å². The van der Waals surface area contributed by atoms with Crippen LogP contribution < -0.4 is 4.74 Å². The normalized spacial score (nSPS) is 14.4. The number of ether oxygens (including phenoxy) is 1. The molecule has 1 heterocycles. The second-order valence-electron chi connectivity index (χ2n) is 2.45. The zero-order valence-corrected chi connectivity index (χ0v) is 8.08. The van der Waals surface area contributed by atoms with E-state index in [0.29, 0.717) is 5.02 Å². The molecule has 0 amide bonds. The molecule has 0 aliphatic carbocycles. The van der Waals surface area contributed by atoms with Gasteiger partial charge in [-0.25, -0.2) is 0 Å². The van der Waals surface area contributed by atoms with Gasteiger partial charge in [-0.2, -0.15) is 0 Å². The molecule has 1 aromatic rings. The van der Waals surface area contributed by atoms with Crippen LogP contribution in [0, 0.1) is 0 Å². The van der Waals surface area contributed by atoms with Crippen molar-refractivity contribution in [1.29, 1.82) is 0 Å². The zero-order chi connectivity index (χ0) is 7.84. The molecule has 0 fully saturated rings. The van der Waals surface area contributed by atoms with E-state index in [-0.39, 0.29) is 0 Å². The van der Waals surface area contributed by atoms with Gasteiger partial charge in [-0.3, -0.25) is 0 Å². The Balaban J connectivity index is 2.62. The molecule has 3 heteroatoms. The molecule has 1 nitrogen and oxygen atoms in total. The van der Waals surface area contributed by atoms with Gasteiger partial charge in [-0.15, -0.1) is 0 Å². The van der Waals surface area contributed by atoms with Gasteiger partial charge in [0.05, 0.1) is 16.1 Å². The van der Waals surface area contributed by atoms with Crippen molar-refractivity contribution < 1.29 is 4.74 Å². The van der Waals surface area contributed by atoms with Gasteiger partial charge in [0.1, 0.15) is 5.75 Å². The lowest BCUT2D eigenvalue weighted by molar-refractivity contribution is 0.355. The van der Waals surface area contributed by atoms with E-state index in [0.717, 1.165) is 23.2 Å². The molecular formula is C8H6BrClO. The summed E-state index contributed by atoms with van der Waals surface area (Å²) in [4.78, 5) is 0. The molecule has 0 atom stereocenters. The van der Waals surface area contributed by atoms with E-state index in [1.165, 1.54) is 5.56 Å². The summed E-state index contributed by atoms with van der Waals surface area (Å²) in [6, 6.07) is 3.90. The van der Waals surface area contributed by atoms with Crippen LogP contribution in [0.5, 0.6) is 5.75 Å². The monoisotopic (exact) mass is 232 g/mol. The van der Waals surface area contributed by atoms with E-state index >= 15 is 0 Å². The van der Waals surface area contributed by atoms with Crippen molar-refractivity contribution in [3.63, 3.8) is 0 Å². The molecule has 0 aromatic heterocycles. The zero-order valence-electron chi connectivity index (χ0n) is 5.73. The topological polar surface area (TPSA) is 9.23 Å². The predicted octanol–water partition coefficient (Wildman–Crippen LogP) is 3.04. The van der Waals surface area contributed by atoms with Crippen LogP contribution in [0.25, 0.3) is 0 Å². The van der Waals surface area contributed by atoms with Crippen molar-refractivity contribution in [3.05, 3.63) is 27.2 Å². The molecule has 0 spiro atoms. The fourth-order valence-electron chi connectivity index (χ4n) is 1.19. The van der Waals surface area contributed by atoms with Gasteiger partial charge in [0.25, 0.3) is 0 Å². The number of rotatable bonds is 0. The van der Waals surface area contributed by atoms with Crippen molar-refractivity contribution in [3.8, 4) is 5.75 Å². The van der Waals surface area contributed by atoms with Crippen molar-refractivity contribution in [2.75, 3.05) is 6.61 Å². The average molecular weight is 233 g/mol. The molecule has 1 aromatic carbocycles. The van der Waals surface area contributed by atoms with Crippen LogP contribution in [0.15, 0.2) is 16.6 Å². The number of hydrogen-bond acceptors (Lipinski definition) is 1. The maximum atomic E-state index is 5.87. The van der Waals surface area contributed by atoms with Crippen LogP contribution >= 0.6 is 27.5 Å².